The number of amides is 3. The lowest BCUT2D eigenvalue weighted by Gasteiger charge is -2.48. The molecule has 0 spiro atoms. The molecule has 190 valence electrons. The van der Waals surface area contributed by atoms with Gasteiger partial charge in [0.1, 0.15) is 17.9 Å². The summed E-state index contributed by atoms with van der Waals surface area (Å²) in [5, 5.41) is 11.6. The molecular formula is C29H30N4O4. The van der Waals surface area contributed by atoms with E-state index in [1.807, 2.05) is 30.3 Å². The molecule has 0 aromatic heterocycles. The SMILES string of the molecule is N#Cc1cccc(C2CN([C@H]3CCCC[C@@H]3Oc3ccc4c(c3)CN(C3CCC(=O)NC3=O)C4=O)C2)c1. The average molecular weight is 499 g/mol. The molecule has 6 rings (SSSR count). The highest BCUT2D eigenvalue weighted by Gasteiger charge is 2.41. The third-order valence-corrected chi connectivity index (χ3v) is 8.32. The maximum atomic E-state index is 13.0. The van der Waals surface area contributed by atoms with Gasteiger partial charge in [0.05, 0.1) is 11.6 Å². The molecule has 1 N–H and O–H groups in total. The van der Waals surface area contributed by atoms with Gasteiger partial charge in [-0.05, 0) is 67.1 Å². The highest BCUT2D eigenvalue weighted by Crippen LogP contribution is 2.36. The first-order valence-electron chi connectivity index (χ1n) is 13.2. The number of hydrogen-bond donors (Lipinski definition) is 1. The molecule has 1 saturated carbocycles. The van der Waals surface area contributed by atoms with Crippen LogP contribution >= 0.6 is 0 Å². The van der Waals surface area contributed by atoms with E-state index in [1.165, 1.54) is 12.0 Å². The molecule has 1 aliphatic carbocycles. The molecule has 2 aromatic carbocycles. The van der Waals surface area contributed by atoms with Crippen LogP contribution in [0.1, 0.15) is 71.5 Å². The minimum Gasteiger partial charge on any atom is -0.489 e. The standard InChI is InChI=1S/C29H30N4O4/c30-14-18-4-3-5-19(12-18)21-15-32(16-21)24-6-1-2-7-26(24)37-22-8-9-23-20(13-22)17-33(29(23)36)25-10-11-27(34)31-28(25)35/h3-5,8-9,12-13,21,24-26H,1-2,6-7,10-11,15-17H2,(H,31,34,35)/t24-,25?,26-/m0/s1. The summed E-state index contributed by atoms with van der Waals surface area (Å²) in [7, 11) is 0. The largest absolute Gasteiger partial charge is 0.489 e. The van der Waals surface area contributed by atoms with Crippen molar-refractivity contribution >= 4 is 17.7 Å². The minimum atomic E-state index is -0.613. The van der Waals surface area contributed by atoms with Gasteiger partial charge in [-0.15, -0.1) is 0 Å². The predicted molar refractivity (Wildman–Crippen MR) is 135 cm³/mol. The third-order valence-electron chi connectivity index (χ3n) is 8.32. The number of piperidine rings is 1. The number of carbonyl (C=O) groups excluding carboxylic acids is 3. The smallest absolute Gasteiger partial charge is 0.255 e. The molecule has 3 aliphatic heterocycles. The van der Waals surface area contributed by atoms with Crippen LogP contribution in [0.5, 0.6) is 5.75 Å². The summed E-state index contributed by atoms with van der Waals surface area (Å²) in [5.41, 5.74) is 3.40. The van der Waals surface area contributed by atoms with E-state index in [0.29, 0.717) is 36.1 Å². The lowest BCUT2D eigenvalue weighted by Crippen LogP contribution is -2.57. The molecule has 3 fully saturated rings. The van der Waals surface area contributed by atoms with Gasteiger partial charge >= 0.3 is 0 Å². The number of nitriles is 1. The molecule has 8 heteroatoms. The van der Waals surface area contributed by atoms with Gasteiger partial charge in [0.25, 0.3) is 5.91 Å². The number of ether oxygens (including phenoxy) is 1. The average Bonchev–Trinajstić information content (AvgIpc) is 3.19. The zero-order valence-electron chi connectivity index (χ0n) is 20.7. The molecule has 37 heavy (non-hydrogen) atoms. The van der Waals surface area contributed by atoms with Crippen molar-refractivity contribution in [3.05, 3.63) is 64.7 Å². The molecular weight excluding hydrogens is 468 g/mol. The van der Waals surface area contributed by atoms with E-state index >= 15 is 0 Å². The first kappa shape index (κ1) is 23.7. The second-order valence-corrected chi connectivity index (χ2v) is 10.6. The Morgan fingerprint density at radius 1 is 1.00 bits per heavy atom. The van der Waals surface area contributed by atoms with Crippen LogP contribution in [0.15, 0.2) is 42.5 Å². The first-order chi connectivity index (χ1) is 18.0. The molecule has 2 saturated heterocycles. The van der Waals surface area contributed by atoms with Crippen LogP contribution in [0.2, 0.25) is 0 Å². The van der Waals surface area contributed by atoms with E-state index in [2.05, 4.69) is 22.4 Å². The Balaban J connectivity index is 1.12. The first-order valence-corrected chi connectivity index (χ1v) is 13.2. The van der Waals surface area contributed by atoms with Gasteiger partial charge in [0.15, 0.2) is 0 Å². The van der Waals surface area contributed by atoms with Crippen LogP contribution in [-0.2, 0) is 16.1 Å². The Kier molecular flexibility index (Phi) is 6.17. The van der Waals surface area contributed by atoms with Crippen molar-refractivity contribution in [1.82, 2.24) is 15.1 Å². The second-order valence-electron chi connectivity index (χ2n) is 10.6. The van der Waals surface area contributed by atoms with Gasteiger partial charge in [0, 0.05) is 43.6 Å². The molecule has 2 aromatic rings. The molecule has 3 atom stereocenters. The van der Waals surface area contributed by atoms with Gasteiger partial charge in [-0.25, -0.2) is 0 Å². The molecule has 1 unspecified atom stereocenters. The van der Waals surface area contributed by atoms with Crippen LogP contribution in [0.25, 0.3) is 0 Å². The van der Waals surface area contributed by atoms with Gasteiger partial charge in [0.2, 0.25) is 11.8 Å². The number of nitrogens with one attached hydrogen (secondary N) is 1. The van der Waals surface area contributed by atoms with Crippen LogP contribution in [0.3, 0.4) is 0 Å². The molecule has 0 radical (unpaired) electrons. The molecule has 8 nitrogen and oxygen atoms in total. The molecule has 4 aliphatic rings. The van der Waals surface area contributed by atoms with Crippen molar-refractivity contribution in [3.63, 3.8) is 0 Å². The number of likely N-dealkylation sites (tertiary alicyclic amines) is 1. The van der Waals surface area contributed by atoms with Gasteiger partial charge in [-0.1, -0.05) is 18.6 Å². The van der Waals surface area contributed by atoms with E-state index in [0.717, 1.165) is 43.7 Å². The predicted octanol–water partition coefficient (Wildman–Crippen LogP) is 3.11. The van der Waals surface area contributed by atoms with E-state index in [-0.39, 0.29) is 24.3 Å². The Bertz CT molecular complexity index is 1300. The lowest BCUT2D eigenvalue weighted by molar-refractivity contribution is -0.136. The van der Waals surface area contributed by atoms with Crippen LogP contribution in [0.4, 0.5) is 0 Å². The van der Waals surface area contributed by atoms with E-state index in [9.17, 15) is 19.6 Å². The normalized spacial score (nSPS) is 26.3. The van der Waals surface area contributed by atoms with E-state index < -0.39 is 11.9 Å². The highest BCUT2D eigenvalue weighted by atomic mass is 16.5. The number of fused-ring (bicyclic) bond motifs is 1. The van der Waals surface area contributed by atoms with Gasteiger partial charge < -0.3 is 9.64 Å². The van der Waals surface area contributed by atoms with Crippen LogP contribution < -0.4 is 10.1 Å². The van der Waals surface area contributed by atoms with Crippen molar-refractivity contribution < 1.29 is 19.1 Å². The van der Waals surface area contributed by atoms with Gasteiger partial charge in [-0.2, -0.15) is 5.26 Å². The quantitative estimate of drug-likeness (QED) is 0.636. The van der Waals surface area contributed by atoms with E-state index in [1.54, 1.807) is 11.0 Å². The minimum absolute atomic E-state index is 0.0848. The number of nitrogens with zero attached hydrogens (tertiary/aromatic N) is 3. The molecule has 3 amide bonds. The van der Waals surface area contributed by atoms with E-state index in [4.69, 9.17) is 4.74 Å². The van der Waals surface area contributed by atoms with Crippen molar-refractivity contribution in [2.24, 2.45) is 0 Å². The van der Waals surface area contributed by atoms with Gasteiger partial charge in [-0.3, -0.25) is 24.6 Å². The fourth-order valence-electron chi connectivity index (χ4n) is 6.29. The topological polar surface area (TPSA) is 103 Å². The van der Waals surface area contributed by atoms with Crippen molar-refractivity contribution in [2.75, 3.05) is 13.1 Å². The summed E-state index contributed by atoms with van der Waals surface area (Å²) in [6.07, 6.45) is 5.10. The third kappa shape index (κ3) is 4.49. The summed E-state index contributed by atoms with van der Waals surface area (Å²) in [6, 6.07) is 15.5. The summed E-state index contributed by atoms with van der Waals surface area (Å²) in [4.78, 5) is 40.9. The maximum absolute atomic E-state index is 13.0. The van der Waals surface area contributed by atoms with Crippen molar-refractivity contribution in [1.29, 1.82) is 5.26 Å². The number of rotatable bonds is 5. The van der Waals surface area contributed by atoms with Crippen LogP contribution in [0, 0.1) is 11.3 Å². The fourth-order valence-corrected chi connectivity index (χ4v) is 6.29. The van der Waals surface area contributed by atoms with Crippen LogP contribution in [-0.4, -0.2) is 58.8 Å². The number of imide groups is 1. The Labute approximate surface area is 216 Å². The number of benzene rings is 2. The fraction of sp³-hybridized carbons (Fsp3) is 0.448. The zero-order valence-corrected chi connectivity index (χ0v) is 20.7. The summed E-state index contributed by atoms with van der Waals surface area (Å²) in [5.74, 6) is 0.352. The highest BCUT2D eigenvalue weighted by molar-refractivity contribution is 6.05. The Hall–Kier alpha value is -3.70. The summed E-state index contributed by atoms with van der Waals surface area (Å²) >= 11 is 0. The number of carbonyl (C=O) groups is 3. The molecule has 0 bridgehead atoms. The lowest BCUT2D eigenvalue weighted by atomic mass is 9.84. The Morgan fingerprint density at radius 3 is 2.65 bits per heavy atom. The second kappa shape index (κ2) is 9.64. The van der Waals surface area contributed by atoms with Crippen molar-refractivity contribution in [3.8, 4) is 11.8 Å². The van der Waals surface area contributed by atoms with Crippen molar-refractivity contribution in [2.45, 2.75) is 69.2 Å². The maximum Gasteiger partial charge on any atom is 0.255 e. The monoisotopic (exact) mass is 498 g/mol. The number of hydrogen-bond acceptors (Lipinski definition) is 6. The zero-order chi connectivity index (χ0) is 25.5. The summed E-state index contributed by atoms with van der Waals surface area (Å²) in [6.45, 7) is 2.29. The summed E-state index contributed by atoms with van der Waals surface area (Å²) < 4.78 is 6.54. The Morgan fingerprint density at radius 2 is 1.84 bits per heavy atom. The molecule has 3 heterocycles.